The van der Waals surface area contributed by atoms with E-state index in [4.69, 9.17) is 30.5 Å². The molecule has 0 radical (unpaired) electrons. The molecule has 0 saturated carbocycles. The summed E-state index contributed by atoms with van der Waals surface area (Å²) in [4.78, 5) is 24.8. The number of rotatable bonds is 7. The van der Waals surface area contributed by atoms with Crippen molar-refractivity contribution in [3.8, 4) is 17.2 Å². The number of halogens is 1. The van der Waals surface area contributed by atoms with E-state index in [9.17, 15) is 9.59 Å². The fourth-order valence-corrected chi connectivity index (χ4v) is 2.60. The molecule has 2 rings (SSSR count). The molecule has 0 bridgehead atoms. The van der Waals surface area contributed by atoms with Crippen LogP contribution in [0.3, 0.4) is 0 Å². The second-order valence-corrected chi connectivity index (χ2v) is 5.74. The SMILES string of the molecule is COc1ccc(C(=O)[C@@H](C)OC(=O)c2cc(Cl)c(OC)c(OC)c2)cc1. The largest absolute Gasteiger partial charge is 0.497 e. The molecular formula is C19H19ClO6. The van der Waals surface area contributed by atoms with Gasteiger partial charge in [0.25, 0.3) is 0 Å². The Morgan fingerprint density at radius 3 is 2.12 bits per heavy atom. The van der Waals surface area contributed by atoms with Crippen LogP contribution < -0.4 is 14.2 Å². The number of benzene rings is 2. The maximum absolute atomic E-state index is 12.4. The molecule has 0 N–H and O–H groups in total. The minimum Gasteiger partial charge on any atom is -0.497 e. The van der Waals surface area contributed by atoms with Crippen molar-refractivity contribution in [2.24, 2.45) is 0 Å². The van der Waals surface area contributed by atoms with Gasteiger partial charge in [-0.15, -0.1) is 0 Å². The number of carbonyl (C=O) groups excluding carboxylic acids is 2. The van der Waals surface area contributed by atoms with E-state index < -0.39 is 12.1 Å². The van der Waals surface area contributed by atoms with Crippen molar-refractivity contribution in [3.05, 3.63) is 52.5 Å². The van der Waals surface area contributed by atoms with E-state index >= 15 is 0 Å². The zero-order chi connectivity index (χ0) is 19.3. The predicted octanol–water partition coefficient (Wildman–Crippen LogP) is 3.79. The highest BCUT2D eigenvalue weighted by Gasteiger charge is 2.22. The lowest BCUT2D eigenvalue weighted by Gasteiger charge is -2.14. The average molecular weight is 379 g/mol. The van der Waals surface area contributed by atoms with Crippen LogP contribution in [0.25, 0.3) is 0 Å². The first-order valence-electron chi connectivity index (χ1n) is 7.72. The van der Waals surface area contributed by atoms with Gasteiger partial charge < -0.3 is 18.9 Å². The second-order valence-electron chi connectivity index (χ2n) is 5.33. The summed E-state index contributed by atoms with van der Waals surface area (Å²) in [5.74, 6) is 0.218. The number of methoxy groups -OCH3 is 3. The molecule has 0 unspecified atom stereocenters. The normalized spacial score (nSPS) is 11.4. The van der Waals surface area contributed by atoms with Crippen LogP contribution >= 0.6 is 11.6 Å². The van der Waals surface area contributed by atoms with Gasteiger partial charge in [0.1, 0.15) is 5.75 Å². The third-order valence-corrected chi connectivity index (χ3v) is 3.98. The Hall–Kier alpha value is -2.73. The molecule has 0 aliphatic carbocycles. The number of ketones is 1. The molecule has 1 atom stereocenters. The number of ether oxygens (including phenoxy) is 4. The highest BCUT2D eigenvalue weighted by atomic mass is 35.5. The first-order valence-corrected chi connectivity index (χ1v) is 8.09. The lowest BCUT2D eigenvalue weighted by Crippen LogP contribution is -2.24. The van der Waals surface area contributed by atoms with Crippen LogP contribution in [0.1, 0.15) is 27.6 Å². The highest BCUT2D eigenvalue weighted by Crippen LogP contribution is 2.36. The van der Waals surface area contributed by atoms with E-state index in [2.05, 4.69) is 0 Å². The van der Waals surface area contributed by atoms with Gasteiger partial charge in [0.15, 0.2) is 17.6 Å². The lowest BCUT2D eigenvalue weighted by molar-refractivity contribution is 0.0318. The number of Topliss-reactive ketones (excluding diaryl/α,β-unsaturated/α-hetero) is 1. The van der Waals surface area contributed by atoms with Gasteiger partial charge in [0.2, 0.25) is 5.78 Å². The van der Waals surface area contributed by atoms with Crippen molar-refractivity contribution in [2.45, 2.75) is 13.0 Å². The molecule has 0 aliphatic heterocycles. The van der Waals surface area contributed by atoms with E-state index in [0.29, 0.717) is 22.8 Å². The first-order chi connectivity index (χ1) is 12.4. The quantitative estimate of drug-likeness (QED) is 0.539. The first kappa shape index (κ1) is 19.6. The molecule has 0 fully saturated rings. The van der Waals surface area contributed by atoms with Crippen molar-refractivity contribution < 1.29 is 28.5 Å². The molecule has 0 saturated heterocycles. The zero-order valence-electron chi connectivity index (χ0n) is 14.9. The molecule has 2 aromatic rings. The molecule has 26 heavy (non-hydrogen) atoms. The monoisotopic (exact) mass is 378 g/mol. The van der Waals surface area contributed by atoms with Gasteiger partial charge in [0, 0.05) is 5.56 Å². The summed E-state index contributed by atoms with van der Waals surface area (Å²) < 4.78 is 20.6. The highest BCUT2D eigenvalue weighted by molar-refractivity contribution is 6.32. The molecule has 0 heterocycles. The fourth-order valence-electron chi connectivity index (χ4n) is 2.31. The van der Waals surface area contributed by atoms with Crippen molar-refractivity contribution in [2.75, 3.05) is 21.3 Å². The second kappa shape index (κ2) is 8.58. The van der Waals surface area contributed by atoms with Gasteiger partial charge in [-0.1, -0.05) is 11.6 Å². The van der Waals surface area contributed by atoms with Crippen molar-refractivity contribution in [1.82, 2.24) is 0 Å². The van der Waals surface area contributed by atoms with Crippen LogP contribution in [0.15, 0.2) is 36.4 Å². The van der Waals surface area contributed by atoms with Crippen molar-refractivity contribution in [1.29, 1.82) is 0 Å². The standard InChI is InChI=1S/C19H19ClO6/c1-11(17(21)12-5-7-14(23-2)8-6-12)26-19(22)13-9-15(20)18(25-4)16(10-13)24-3/h5-11H,1-4H3/t11-/m1/s1. The summed E-state index contributed by atoms with van der Waals surface area (Å²) in [6, 6.07) is 9.39. The predicted molar refractivity (Wildman–Crippen MR) is 96.8 cm³/mol. The fraction of sp³-hybridized carbons (Fsp3) is 0.263. The topological polar surface area (TPSA) is 71.1 Å². The molecule has 0 aromatic heterocycles. The van der Waals surface area contributed by atoms with Gasteiger partial charge in [0.05, 0.1) is 31.9 Å². The Morgan fingerprint density at radius 1 is 0.923 bits per heavy atom. The van der Waals surface area contributed by atoms with Gasteiger partial charge >= 0.3 is 5.97 Å². The van der Waals surface area contributed by atoms with E-state index in [1.165, 1.54) is 40.4 Å². The van der Waals surface area contributed by atoms with Gasteiger partial charge in [-0.25, -0.2) is 4.79 Å². The minimum atomic E-state index is -0.970. The molecule has 138 valence electrons. The average Bonchev–Trinajstić information content (AvgIpc) is 2.66. The van der Waals surface area contributed by atoms with Crippen LogP contribution in [-0.4, -0.2) is 39.2 Å². The summed E-state index contributed by atoms with van der Waals surface area (Å²) in [5.41, 5.74) is 0.568. The number of esters is 1. The molecule has 0 amide bonds. The molecular weight excluding hydrogens is 360 g/mol. The Labute approximate surface area is 156 Å². The number of hydrogen-bond donors (Lipinski definition) is 0. The van der Waals surface area contributed by atoms with Gasteiger partial charge in [-0.05, 0) is 43.3 Å². The van der Waals surface area contributed by atoms with Crippen LogP contribution in [0, 0.1) is 0 Å². The lowest BCUT2D eigenvalue weighted by atomic mass is 10.1. The van der Waals surface area contributed by atoms with Crippen LogP contribution in [0.5, 0.6) is 17.2 Å². The molecule has 0 aliphatic rings. The maximum Gasteiger partial charge on any atom is 0.339 e. The molecule has 0 spiro atoms. The Bertz CT molecular complexity index is 800. The van der Waals surface area contributed by atoms with E-state index in [1.54, 1.807) is 24.3 Å². The third-order valence-electron chi connectivity index (χ3n) is 3.70. The van der Waals surface area contributed by atoms with E-state index in [0.717, 1.165) is 0 Å². The van der Waals surface area contributed by atoms with Crippen LogP contribution in [0.2, 0.25) is 5.02 Å². The number of carbonyl (C=O) groups is 2. The Balaban J connectivity index is 2.15. The molecule has 7 heteroatoms. The minimum absolute atomic E-state index is 0.155. The molecule has 6 nitrogen and oxygen atoms in total. The summed E-state index contributed by atoms with van der Waals surface area (Å²) in [5, 5.41) is 0.202. The zero-order valence-corrected chi connectivity index (χ0v) is 15.6. The summed E-state index contributed by atoms with van der Waals surface area (Å²) >= 11 is 6.09. The van der Waals surface area contributed by atoms with Crippen molar-refractivity contribution in [3.63, 3.8) is 0 Å². The van der Waals surface area contributed by atoms with Gasteiger partial charge in [-0.2, -0.15) is 0 Å². The molecule has 2 aromatic carbocycles. The van der Waals surface area contributed by atoms with Gasteiger partial charge in [-0.3, -0.25) is 4.79 Å². The van der Waals surface area contributed by atoms with Crippen LogP contribution in [-0.2, 0) is 4.74 Å². The summed E-state index contributed by atoms with van der Waals surface area (Å²) in [6.45, 7) is 1.51. The smallest absolute Gasteiger partial charge is 0.339 e. The Kier molecular flexibility index (Phi) is 6.46. The van der Waals surface area contributed by atoms with Crippen molar-refractivity contribution >= 4 is 23.4 Å². The van der Waals surface area contributed by atoms with Crippen LogP contribution in [0.4, 0.5) is 0 Å². The summed E-state index contributed by atoms with van der Waals surface area (Å²) in [7, 11) is 4.41. The van der Waals surface area contributed by atoms with E-state index in [1.807, 2.05) is 0 Å². The summed E-state index contributed by atoms with van der Waals surface area (Å²) in [6.07, 6.45) is -0.970. The van der Waals surface area contributed by atoms with E-state index in [-0.39, 0.29) is 16.4 Å². The number of hydrogen-bond acceptors (Lipinski definition) is 6. The third kappa shape index (κ3) is 4.26. The maximum atomic E-state index is 12.4. The Morgan fingerprint density at radius 2 is 1.58 bits per heavy atom.